The average molecular weight is 393 g/mol. The van der Waals surface area contributed by atoms with Crippen molar-refractivity contribution in [3.63, 3.8) is 0 Å². The van der Waals surface area contributed by atoms with Gasteiger partial charge in [-0.2, -0.15) is 0 Å². The molecule has 1 saturated heterocycles. The van der Waals surface area contributed by atoms with Crippen LogP contribution < -0.4 is 11.1 Å². The maximum Gasteiger partial charge on any atom is 0.240 e. The number of nitrogens with one attached hydrogen (secondary N) is 1. The number of carbonyl (C=O) groups excluding carboxylic acids is 1. The number of halogens is 3. The first-order valence-corrected chi connectivity index (χ1v) is 7.76. The van der Waals surface area contributed by atoms with Crippen molar-refractivity contribution >= 4 is 41.8 Å². The number of para-hydroxylation sites is 1. The summed E-state index contributed by atoms with van der Waals surface area (Å²) < 4.78 is 20.8. The lowest BCUT2D eigenvalue weighted by Gasteiger charge is -2.31. The monoisotopic (exact) mass is 392 g/mol. The maximum atomic E-state index is 13.7. The highest BCUT2D eigenvalue weighted by atomic mass is 35.5. The van der Waals surface area contributed by atoms with Crippen LogP contribution in [0.25, 0.3) is 11.0 Å². The van der Waals surface area contributed by atoms with Crippen LogP contribution in [0.4, 0.5) is 4.39 Å². The summed E-state index contributed by atoms with van der Waals surface area (Å²) in [5.74, 6) is 0.227. The largest absolute Gasteiger partial charge is 0.381 e. The number of hydrogen-bond acceptors (Lipinski definition) is 4. The highest BCUT2D eigenvalue weighted by Crippen LogP contribution is 2.19. The Hall–Kier alpha value is -1.41. The standard InChI is InChI=1S/C16H21FN4O2.2ClH/c1-21-12-4-2-3-11(17)14(12)20-13(21)5-8-19-15(22)16(18)6-9-23-10-7-16;;/h2-4H,5-10,18H2,1H3,(H,19,22);2*1H. The molecule has 1 aliphatic heterocycles. The van der Waals surface area contributed by atoms with E-state index in [0.29, 0.717) is 44.5 Å². The predicted molar refractivity (Wildman–Crippen MR) is 98.9 cm³/mol. The Balaban J connectivity index is 0.00000156. The molecule has 1 amide bonds. The van der Waals surface area contributed by atoms with Crippen molar-refractivity contribution in [1.29, 1.82) is 0 Å². The van der Waals surface area contributed by atoms with E-state index in [9.17, 15) is 9.18 Å². The van der Waals surface area contributed by atoms with Crippen molar-refractivity contribution in [2.45, 2.75) is 24.8 Å². The Morgan fingerprint density at radius 2 is 2.08 bits per heavy atom. The molecule has 140 valence electrons. The zero-order chi connectivity index (χ0) is 16.4. The average Bonchev–Trinajstić information content (AvgIpc) is 2.86. The van der Waals surface area contributed by atoms with E-state index < -0.39 is 5.54 Å². The Morgan fingerprint density at radius 3 is 2.72 bits per heavy atom. The Kier molecular flexibility index (Phi) is 7.62. The molecule has 0 aliphatic carbocycles. The summed E-state index contributed by atoms with van der Waals surface area (Å²) >= 11 is 0. The van der Waals surface area contributed by atoms with E-state index in [1.54, 1.807) is 6.07 Å². The summed E-state index contributed by atoms with van der Waals surface area (Å²) in [5, 5.41) is 2.86. The molecular formula is C16H23Cl2FN4O2. The molecule has 1 aromatic carbocycles. The first-order chi connectivity index (χ1) is 11.0. The third kappa shape index (κ3) is 4.41. The zero-order valence-electron chi connectivity index (χ0n) is 14.0. The van der Waals surface area contributed by atoms with Crippen LogP contribution in [-0.2, 0) is 23.0 Å². The fourth-order valence-corrected chi connectivity index (χ4v) is 2.88. The predicted octanol–water partition coefficient (Wildman–Crippen LogP) is 1.72. The van der Waals surface area contributed by atoms with Crippen LogP contribution >= 0.6 is 24.8 Å². The number of rotatable bonds is 4. The summed E-state index contributed by atoms with van der Waals surface area (Å²) in [6.07, 6.45) is 1.57. The number of carbonyl (C=O) groups is 1. The number of nitrogens with zero attached hydrogens (tertiary/aromatic N) is 2. The maximum absolute atomic E-state index is 13.7. The van der Waals surface area contributed by atoms with Crippen LogP contribution in [0.3, 0.4) is 0 Å². The molecule has 2 aromatic rings. The third-order valence-corrected chi connectivity index (χ3v) is 4.43. The van der Waals surface area contributed by atoms with Crippen molar-refractivity contribution in [3.8, 4) is 0 Å². The van der Waals surface area contributed by atoms with Crippen molar-refractivity contribution in [1.82, 2.24) is 14.9 Å². The van der Waals surface area contributed by atoms with E-state index in [0.717, 1.165) is 11.3 Å². The van der Waals surface area contributed by atoms with Crippen molar-refractivity contribution in [2.75, 3.05) is 19.8 Å². The van der Waals surface area contributed by atoms with Crippen LogP contribution in [0.2, 0.25) is 0 Å². The van der Waals surface area contributed by atoms with Gasteiger partial charge in [0.1, 0.15) is 11.3 Å². The molecule has 9 heteroatoms. The molecule has 2 heterocycles. The highest BCUT2D eigenvalue weighted by molar-refractivity contribution is 5.86. The van der Waals surface area contributed by atoms with Crippen molar-refractivity contribution in [2.24, 2.45) is 12.8 Å². The Labute approximate surface area is 158 Å². The second-order valence-electron chi connectivity index (χ2n) is 5.97. The fourth-order valence-electron chi connectivity index (χ4n) is 2.88. The molecule has 0 saturated carbocycles. The normalized spacial score (nSPS) is 16.0. The molecule has 0 radical (unpaired) electrons. The van der Waals surface area contributed by atoms with Gasteiger partial charge in [0.25, 0.3) is 0 Å². The lowest BCUT2D eigenvalue weighted by atomic mass is 9.90. The minimum Gasteiger partial charge on any atom is -0.381 e. The van der Waals surface area contributed by atoms with Gasteiger partial charge in [0.2, 0.25) is 5.91 Å². The number of imidazole rings is 1. The zero-order valence-corrected chi connectivity index (χ0v) is 15.6. The van der Waals surface area contributed by atoms with E-state index in [1.807, 2.05) is 17.7 Å². The van der Waals surface area contributed by atoms with Crippen molar-refractivity contribution in [3.05, 3.63) is 29.8 Å². The quantitative estimate of drug-likeness (QED) is 0.829. The van der Waals surface area contributed by atoms with E-state index in [2.05, 4.69) is 10.3 Å². The molecule has 0 bridgehead atoms. The fraction of sp³-hybridized carbons (Fsp3) is 0.500. The van der Waals surface area contributed by atoms with Gasteiger partial charge in [0.15, 0.2) is 5.82 Å². The van der Waals surface area contributed by atoms with E-state index in [-0.39, 0.29) is 36.5 Å². The molecule has 3 N–H and O–H groups in total. The minimum atomic E-state index is -0.850. The molecule has 0 spiro atoms. The van der Waals surface area contributed by atoms with Gasteiger partial charge in [0, 0.05) is 33.2 Å². The van der Waals surface area contributed by atoms with Crippen LogP contribution in [0.5, 0.6) is 0 Å². The van der Waals surface area contributed by atoms with E-state index in [4.69, 9.17) is 10.5 Å². The second-order valence-corrected chi connectivity index (χ2v) is 5.97. The second kappa shape index (κ2) is 8.80. The molecule has 3 rings (SSSR count). The molecule has 1 fully saturated rings. The first kappa shape index (κ1) is 21.6. The van der Waals surface area contributed by atoms with Gasteiger partial charge in [0.05, 0.1) is 11.1 Å². The van der Waals surface area contributed by atoms with Gasteiger partial charge >= 0.3 is 0 Å². The van der Waals surface area contributed by atoms with Crippen LogP contribution in [-0.4, -0.2) is 40.8 Å². The lowest BCUT2D eigenvalue weighted by molar-refractivity contribution is -0.129. The summed E-state index contributed by atoms with van der Waals surface area (Å²) in [6, 6.07) is 4.88. The number of benzene rings is 1. The first-order valence-electron chi connectivity index (χ1n) is 7.76. The Morgan fingerprint density at radius 1 is 1.40 bits per heavy atom. The summed E-state index contributed by atoms with van der Waals surface area (Å²) in [7, 11) is 1.84. The lowest BCUT2D eigenvalue weighted by Crippen LogP contribution is -2.57. The molecule has 0 unspecified atom stereocenters. The summed E-state index contributed by atoms with van der Waals surface area (Å²) in [4.78, 5) is 16.6. The molecular weight excluding hydrogens is 370 g/mol. The van der Waals surface area contributed by atoms with Gasteiger partial charge in [-0.1, -0.05) is 6.07 Å². The number of amides is 1. The highest BCUT2D eigenvalue weighted by Gasteiger charge is 2.35. The molecule has 0 atom stereocenters. The van der Waals surface area contributed by atoms with Crippen molar-refractivity contribution < 1.29 is 13.9 Å². The van der Waals surface area contributed by atoms with Gasteiger partial charge in [-0.3, -0.25) is 4.79 Å². The number of aryl methyl sites for hydroxylation is 1. The minimum absolute atomic E-state index is 0. The van der Waals surface area contributed by atoms with Crippen LogP contribution in [0.15, 0.2) is 18.2 Å². The van der Waals surface area contributed by atoms with Gasteiger partial charge in [-0.25, -0.2) is 9.37 Å². The number of nitrogens with two attached hydrogens (primary N) is 1. The van der Waals surface area contributed by atoms with E-state index in [1.165, 1.54) is 6.07 Å². The van der Waals surface area contributed by atoms with Crippen LogP contribution in [0, 0.1) is 5.82 Å². The third-order valence-electron chi connectivity index (χ3n) is 4.43. The number of fused-ring (bicyclic) bond motifs is 1. The molecule has 1 aromatic heterocycles. The van der Waals surface area contributed by atoms with Crippen LogP contribution in [0.1, 0.15) is 18.7 Å². The van der Waals surface area contributed by atoms with Gasteiger partial charge < -0.3 is 20.4 Å². The molecule has 25 heavy (non-hydrogen) atoms. The molecule has 6 nitrogen and oxygen atoms in total. The number of hydrogen-bond donors (Lipinski definition) is 2. The van der Waals surface area contributed by atoms with Gasteiger partial charge in [-0.15, -0.1) is 24.8 Å². The van der Waals surface area contributed by atoms with Gasteiger partial charge in [-0.05, 0) is 25.0 Å². The summed E-state index contributed by atoms with van der Waals surface area (Å²) in [5.41, 5.74) is 6.38. The SMILES string of the molecule is Cl.Cl.Cn1c(CCNC(=O)C2(N)CCOCC2)nc2c(F)cccc21. The Bertz CT molecular complexity index is 732. The van der Waals surface area contributed by atoms with E-state index >= 15 is 0 Å². The number of ether oxygens (including phenoxy) is 1. The topological polar surface area (TPSA) is 82.2 Å². The number of aromatic nitrogens is 2. The smallest absolute Gasteiger partial charge is 0.240 e. The molecule has 1 aliphatic rings. The summed E-state index contributed by atoms with van der Waals surface area (Å²) in [6.45, 7) is 1.43.